The molecule has 114 valence electrons. The topological polar surface area (TPSA) is 84.7 Å². The van der Waals surface area contributed by atoms with E-state index in [1.165, 1.54) is 13.2 Å². The number of carbonyl (C=O) groups is 1. The third kappa shape index (κ3) is 3.21. The molecule has 1 fully saturated rings. The minimum Gasteiger partial charge on any atom is -0.490 e. The van der Waals surface area contributed by atoms with Crippen molar-refractivity contribution in [3.8, 4) is 5.75 Å². The highest BCUT2D eigenvalue weighted by atomic mass is 19.1. The molecule has 1 aliphatic heterocycles. The number of piperidine rings is 1. The first kappa shape index (κ1) is 15.0. The Hall–Kier alpha value is -2.38. The van der Waals surface area contributed by atoms with Gasteiger partial charge in [-0.15, -0.1) is 0 Å². The predicted molar refractivity (Wildman–Crippen MR) is 73.9 cm³/mol. The molecular weight excluding hydrogens is 281 g/mol. The minimum absolute atomic E-state index is 0.0101. The zero-order valence-electron chi connectivity index (χ0n) is 11.8. The summed E-state index contributed by atoms with van der Waals surface area (Å²) in [5.74, 6) is -0.680. The lowest BCUT2D eigenvalue weighted by molar-refractivity contribution is -0.385. The maximum atomic E-state index is 14.0. The minimum atomic E-state index is -0.720. The number of methoxy groups -OCH3 is 1. The van der Waals surface area contributed by atoms with E-state index in [1.54, 1.807) is 11.9 Å². The number of anilines is 1. The number of nitro groups is 1. The summed E-state index contributed by atoms with van der Waals surface area (Å²) in [4.78, 5) is 23.1. The van der Waals surface area contributed by atoms with Crippen molar-refractivity contribution in [1.82, 2.24) is 4.90 Å². The Balaban J connectivity index is 2.20. The fourth-order valence-electron chi connectivity index (χ4n) is 2.31. The summed E-state index contributed by atoms with van der Waals surface area (Å²) in [6.45, 7) is 0.456. The molecule has 0 aliphatic carbocycles. The van der Waals surface area contributed by atoms with Crippen LogP contribution in [0.25, 0.3) is 0 Å². The van der Waals surface area contributed by atoms with E-state index < -0.39 is 16.4 Å². The van der Waals surface area contributed by atoms with Gasteiger partial charge < -0.3 is 15.0 Å². The van der Waals surface area contributed by atoms with Crippen molar-refractivity contribution in [2.45, 2.75) is 18.9 Å². The molecule has 8 heteroatoms. The van der Waals surface area contributed by atoms with Gasteiger partial charge in [0, 0.05) is 32.1 Å². The van der Waals surface area contributed by atoms with Gasteiger partial charge >= 0.3 is 5.69 Å². The zero-order valence-corrected chi connectivity index (χ0v) is 11.8. The summed E-state index contributed by atoms with van der Waals surface area (Å²) in [7, 11) is 2.97. The van der Waals surface area contributed by atoms with Crippen LogP contribution >= 0.6 is 0 Å². The van der Waals surface area contributed by atoms with E-state index >= 15 is 0 Å². The number of nitrogens with zero attached hydrogens (tertiary/aromatic N) is 2. The molecule has 0 radical (unpaired) electrons. The highest BCUT2D eigenvalue weighted by molar-refractivity contribution is 5.77. The van der Waals surface area contributed by atoms with Crippen LogP contribution in [0.5, 0.6) is 5.75 Å². The molecule has 1 saturated heterocycles. The maximum absolute atomic E-state index is 14.0. The number of nitrogens with one attached hydrogen (secondary N) is 1. The molecule has 1 N–H and O–H groups in total. The van der Waals surface area contributed by atoms with Gasteiger partial charge in [0.2, 0.25) is 5.91 Å². The van der Waals surface area contributed by atoms with E-state index in [0.717, 1.165) is 6.07 Å². The van der Waals surface area contributed by atoms with Gasteiger partial charge in [-0.25, -0.2) is 4.39 Å². The predicted octanol–water partition coefficient (Wildman–Crippen LogP) is 1.78. The number of hydrogen-bond acceptors (Lipinski definition) is 5. The molecule has 2 rings (SSSR count). The summed E-state index contributed by atoms with van der Waals surface area (Å²) in [6, 6.07) is 2.00. The first-order valence-corrected chi connectivity index (χ1v) is 6.44. The largest absolute Gasteiger partial charge is 0.490 e. The number of halogens is 1. The first-order valence-electron chi connectivity index (χ1n) is 6.44. The maximum Gasteiger partial charge on any atom is 0.313 e. The average molecular weight is 297 g/mol. The van der Waals surface area contributed by atoms with Crippen molar-refractivity contribution in [3.05, 3.63) is 28.1 Å². The zero-order chi connectivity index (χ0) is 15.6. The van der Waals surface area contributed by atoms with Gasteiger partial charge in [0.25, 0.3) is 0 Å². The molecular formula is C13H16FN3O4. The first-order chi connectivity index (χ1) is 9.92. The van der Waals surface area contributed by atoms with Crippen molar-refractivity contribution in [2.24, 2.45) is 0 Å². The monoisotopic (exact) mass is 297 g/mol. The number of rotatable bonds is 4. The summed E-state index contributed by atoms with van der Waals surface area (Å²) in [6.07, 6.45) is 0.974. The van der Waals surface area contributed by atoms with Gasteiger partial charge in [-0.3, -0.25) is 14.9 Å². The molecule has 1 amide bonds. The van der Waals surface area contributed by atoms with Crippen molar-refractivity contribution in [1.29, 1.82) is 0 Å². The Labute approximate surface area is 120 Å². The Morgan fingerprint density at radius 1 is 1.52 bits per heavy atom. The second-order valence-electron chi connectivity index (χ2n) is 4.92. The Kier molecular flexibility index (Phi) is 4.25. The molecule has 0 bridgehead atoms. The van der Waals surface area contributed by atoms with E-state index in [9.17, 15) is 19.3 Å². The second kappa shape index (κ2) is 5.94. The van der Waals surface area contributed by atoms with Gasteiger partial charge in [0.05, 0.1) is 23.8 Å². The standard InChI is InChI=1S/C13H16FN3O4/c1-16-7-8(3-4-13(16)18)15-10-6-12(21-2)11(17(19)20)5-9(10)14/h5-6,8,15H,3-4,7H2,1-2H3. The average Bonchev–Trinajstić information content (AvgIpc) is 2.44. The smallest absolute Gasteiger partial charge is 0.313 e. The molecule has 0 aromatic heterocycles. The number of benzene rings is 1. The van der Waals surface area contributed by atoms with Gasteiger partial charge in [0.1, 0.15) is 0 Å². The summed E-state index contributed by atoms with van der Waals surface area (Å²) >= 11 is 0. The van der Waals surface area contributed by atoms with Crippen LogP contribution in [0.1, 0.15) is 12.8 Å². The van der Waals surface area contributed by atoms with Gasteiger partial charge in [-0.2, -0.15) is 0 Å². The molecule has 1 aliphatic rings. The van der Waals surface area contributed by atoms with Crippen molar-refractivity contribution in [3.63, 3.8) is 0 Å². The van der Waals surface area contributed by atoms with Crippen molar-refractivity contribution >= 4 is 17.3 Å². The van der Waals surface area contributed by atoms with Crippen molar-refractivity contribution in [2.75, 3.05) is 26.0 Å². The van der Waals surface area contributed by atoms with Crippen LogP contribution in [0.15, 0.2) is 12.1 Å². The number of carbonyl (C=O) groups excluding carboxylic acids is 1. The van der Waals surface area contributed by atoms with Crippen LogP contribution in [0, 0.1) is 15.9 Å². The number of nitro benzene ring substituents is 1. The summed E-state index contributed by atoms with van der Waals surface area (Å²) < 4.78 is 18.9. The Morgan fingerprint density at radius 3 is 2.81 bits per heavy atom. The third-order valence-electron chi connectivity index (χ3n) is 3.45. The molecule has 1 aromatic carbocycles. The number of hydrogen-bond donors (Lipinski definition) is 1. The molecule has 1 heterocycles. The second-order valence-corrected chi connectivity index (χ2v) is 4.92. The Bertz CT molecular complexity index is 579. The van der Waals surface area contributed by atoms with E-state index in [4.69, 9.17) is 4.74 Å². The quantitative estimate of drug-likeness (QED) is 0.676. The molecule has 0 saturated carbocycles. The Morgan fingerprint density at radius 2 is 2.24 bits per heavy atom. The molecule has 1 unspecified atom stereocenters. The molecule has 1 aromatic rings. The fraction of sp³-hybridized carbons (Fsp3) is 0.462. The highest BCUT2D eigenvalue weighted by Crippen LogP contribution is 2.33. The number of amides is 1. The summed E-state index contributed by atoms with van der Waals surface area (Å²) in [5, 5.41) is 13.8. The van der Waals surface area contributed by atoms with Crippen LogP contribution in [0.2, 0.25) is 0 Å². The third-order valence-corrected chi connectivity index (χ3v) is 3.45. The molecule has 1 atom stereocenters. The van der Waals surface area contributed by atoms with E-state index in [1.807, 2.05) is 0 Å². The SMILES string of the molecule is COc1cc(NC2CCC(=O)N(C)C2)c(F)cc1[N+](=O)[O-]. The van der Waals surface area contributed by atoms with E-state index in [2.05, 4.69) is 5.32 Å². The van der Waals surface area contributed by atoms with Crippen LogP contribution in [-0.2, 0) is 4.79 Å². The van der Waals surface area contributed by atoms with Gasteiger partial charge in [-0.05, 0) is 6.42 Å². The number of likely N-dealkylation sites (tertiary alicyclic amines) is 1. The molecule has 7 nitrogen and oxygen atoms in total. The molecule has 21 heavy (non-hydrogen) atoms. The number of likely N-dealkylation sites (N-methyl/N-ethyl adjacent to an activating group) is 1. The number of ether oxygens (including phenoxy) is 1. The van der Waals surface area contributed by atoms with Crippen LogP contribution < -0.4 is 10.1 Å². The van der Waals surface area contributed by atoms with Crippen LogP contribution in [-0.4, -0.2) is 42.5 Å². The summed E-state index contributed by atoms with van der Waals surface area (Å²) in [5.41, 5.74) is -0.290. The van der Waals surface area contributed by atoms with Crippen LogP contribution in [0.4, 0.5) is 15.8 Å². The van der Waals surface area contributed by atoms with E-state index in [-0.39, 0.29) is 23.4 Å². The lowest BCUT2D eigenvalue weighted by atomic mass is 10.1. The lowest BCUT2D eigenvalue weighted by Gasteiger charge is -2.30. The van der Waals surface area contributed by atoms with E-state index in [0.29, 0.717) is 19.4 Å². The normalized spacial score (nSPS) is 18.5. The highest BCUT2D eigenvalue weighted by Gasteiger charge is 2.25. The van der Waals surface area contributed by atoms with Crippen LogP contribution in [0.3, 0.4) is 0 Å². The lowest BCUT2D eigenvalue weighted by Crippen LogP contribution is -2.43. The van der Waals surface area contributed by atoms with Gasteiger partial charge in [-0.1, -0.05) is 0 Å². The van der Waals surface area contributed by atoms with Gasteiger partial charge in [0.15, 0.2) is 11.6 Å². The fourth-order valence-corrected chi connectivity index (χ4v) is 2.31. The van der Waals surface area contributed by atoms with Crippen molar-refractivity contribution < 1.29 is 18.8 Å². The molecule has 0 spiro atoms.